The van der Waals surface area contributed by atoms with Gasteiger partial charge in [0.15, 0.2) is 0 Å². The van der Waals surface area contributed by atoms with Crippen molar-refractivity contribution in [3.8, 4) is 0 Å². The molecule has 0 unspecified atom stereocenters. The van der Waals surface area contributed by atoms with Gasteiger partial charge in [0.2, 0.25) is 5.79 Å². The molecule has 0 bridgehead atoms. The molecule has 1 saturated heterocycles. The summed E-state index contributed by atoms with van der Waals surface area (Å²) in [6, 6.07) is 17.7. The highest BCUT2D eigenvalue weighted by molar-refractivity contribution is 9.09. The first-order chi connectivity index (χ1) is 9.73. The fourth-order valence-electron chi connectivity index (χ4n) is 2.34. The fourth-order valence-corrected chi connectivity index (χ4v) is 3.09. The van der Waals surface area contributed by atoms with Crippen LogP contribution in [0.4, 0.5) is 0 Å². The van der Waals surface area contributed by atoms with Crippen molar-refractivity contribution >= 4 is 27.5 Å². The number of rotatable bonds is 3. The summed E-state index contributed by atoms with van der Waals surface area (Å²) in [4.78, 5) is 0. The van der Waals surface area contributed by atoms with Gasteiger partial charge in [0, 0.05) is 10.6 Å². The van der Waals surface area contributed by atoms with Gasteiger partial charge in [-0.3, -0.25) is 0 Å². The Morgan fingerprint density at radius 1 is 1.10 bits per heavy atom. The van der Waals surface area contributed by atoms with Crippen LogP contribution in [0.2, 0.25) is 5.02 Å². The van der Waals surface area contributed by atoms with Crippen molar-refractivity contribution in [1.82, 2.24) is 0 Å². The van der Waals surface area contributed by atoms with Gasteiger partial charge >= 0.3 is 0 Å². The summed E-state index contributed by atoms with van der Waals surface area (Å²) in [6.45, 7) is 0.540. The first-order valence-corrected chi connectivity index (χ1v) is 7.92. The lowest BCUT2D eigenvalue weighted by Crippen LogP contribution is -2.29. The van der Waals surface area contributed by atoms with Crippen LogP contribution >= 0.6 is 27.5 Å². The second-order valence-corrected chi connectivity index (χ2v) is 5.72. The first-order valence-electron chi connectivity index (χ1n) is 6.42. The van der Waals surface area contributed by atoms with Gasteiger partial charge in [0.25, 0.3) is 0 Å². The standard InChI is InChI=1S/C16H14BrClO2/c17-11-16(13-6-8-14(18)9-7-13)19-10-15(20-16)12-4-2-1-3-5-12/h1-9,15H,10-11H2/t15-,16-/m0/s1. The van der Waals surface area contributed by atoms with E-state index in [1.807, 2.05) is 42.5 Å². The Bertz CT molecular complexity index is 573. The topological polar surface area (TPSA) is 18.5 Å². The molecular weight excluding hydrogens is 340 g/mol. The Morgan fingerprint density at radius 3 is 2.45 bits per heavy atom. The maximum atomic E-state index is 6.20. The third-order valence-corrected chi connectivity index (χ3v) is 4.42. The molecule has 1 heterocycles. The normalized spacial score (nSPS) is 25.8. The molecule has 0 N–H and O–H groups in total. The van der Waals surface area contributed by atoms with Crippen molar-refractivity contribution in [2.75, 3.05) is 11.9 Å². The number of hydrogen-bond acceptors (Lipinski definition) is 2. The van der Waals surface area contributed by atoms with E-state index in [1.54, 1.807) is 0 Å². The predicted molar refractivity (Wildman–Crippen MR) is 83.1 cm³/mol. The molecule has 4 heteroatoms. The summed E-state index contributed by atoms with van der Waals surface area (Å²) in [5.74, 6) is -0.745. The quantitative estimate of drug-likeness (QED) is 0.746. The summed E-state index contributed by atoms with van der Waals surface area (Å²) in [7, 11) is 0. The predicted octanol–water partition coefficient (Wildman–Crippen LogP) is 4.68. The largest absolute Gasteiger partial charge is 0.342 e. The van der Waals surface area contributed by atoms with Crippen molar-refractivity contribution in [2.24, 2.45) is 0 Å². The second-order valence-electron chi connectivity index (χ2n) is 4.72. The lowest BCUT2D eigenvalue weighted by atomic mass is 10.1. The molecule has 1 aliphatic heterocycles. The maximum absolute atomic E-state index is 6.20. The van der Waals surface area contributed by atoms with E-state index in [-0.39, 0.29) is 6.10 Å². The number of alkyl halides is 1. The van der Waals surface area contributed by atoms with E-state index >= 15 is 0 Å². The molecule has 1 aliphatic rings. The Kier molecular flexibility index (Phi) is 4.13. The number of benzene rings is 2. The van der Waals surface area contributed by atoms with Gasteiger partial charge in [0.05, 0.1) is 11.9 Å². The Balaban J connectivity index is 1.87. The Morgan fingerprint density at radius 2 is 1.80 bits per heavy atom. The van der Waals surface area contributed by atoms with Crippen molar-refractivity contribution < 1.29 is 9.47 Å². The monoisotopic (exact) mass is 352 g/mol. The van der Waals surface area contributed by atoms with Gasteiger partial charge < -0.3 is 9.47 Å². The number of halogens is 2. The zero-order valence-electron chi connectivity index (χ0n) is 10.8. The van der Waals surface area contributed by atoms with Gasteiger partial charge in [-0.25, -0.2) is 0 Å². The summed E-state index contributed by atoms with van der Waals surface area (Å²) < 4.78 is 12.2. The smallest absolute Gasteiger partial charge is 0.205 e. The molecule has 0 spiro atoms. The van der Waals surface area contributed by atoms with Crippen LogP contribution in [0.3, 0.4) is 0 Å². The zero-order valence-corrected chi connectivity index (χ0v) is 13.1. The zero-order chi connectivity index (χ0) is 14.0. The van der Waals surface area contributed by atoms with Crippen LogP contribution in [0.15, 0.2) is 54.6 Å². The lowest BCUT2D eigenvalue weighted by molar-refractivity contribution is -0.157. The van der Waals surface area contributed by atoms with E-state index in [4.69, 9.17) is 21.1 Å². The van der Waals surface area contributed by atoms with Crippen molar-refractivity contribution in [3.05, 3.63) is 70.7 Å². The Hall–Kier alpha value is -0.870. The average molecular weight is 354 g/mol. The highest BCUT2D eigenvalue weighted by Crippen LogP contribution is 2.41. The van der Waals surface area contributed by atoms with Gasteiger partial charge in [-0.1, -0.05) is 70.0 Å². The van der Waals surface area contributed by atoms with Crippen molar-refractivity contribution in [2.45, 2.75) is 11.9 Å². The summed E-state index contributed by atoms with van der Waals surface area (Å²) >= 11 is 9.44. The lowest BCUT2D eigenvalue weighted by Gasteiger charge is -2.26. The maximum Gasteiger partial charge on any atom is 0.205 e. The molecule has 3 rings (SSSR count). The third kappa shape index (κ3) is 2.63. The van der Waals surface area contributed by atoms with Crippen LogP contribution < -0.4 is 0 Å². The number of ether oxygens (including phenoxy) is 2. The molecule has 2 atom stereocenters. The van der Waals surface area contributed by atoms with Crippen molar-refractivity contribution in [3.63, 3.8) is 0 Å². The molecule has 1 fully saturated rings. The van der Waals surface area contributed by atoms with Gasteiger partial charge in [0.1, 0.15) is 6.10 Å². The van der Waals surface area contributed by atoms with E-state index in [9.17, 15) is 0 Å². The number of hydrogen-bond donors (Lipinski definition) is 0. The van der Waals surface area contributed by atoms with E-state index < -0.39 is 5.79 Å². The van der Waals surface area contributed by atoms with Crippen LogP contribution in [0.25, 0.3) is 0 Å². The average Bonchev–Trinajstić information content (AvgIpc) is 2.95. The third-order valence-electron chi connectivity index (χ3n) is 3.43. The van der Waals surface area contributed by atoms with E-state index in [0.717, 1.165) is 11.1 Å². The molecule has 104 valence electrons. The summed E-state index contributed by atoms with van der Waals surface area (Å²) in [6.07, 6.45) is -0.0515. The minimum atomic E-state index is -0.745. The molecular formula is C16H14BrClO2. The van der Waals surface area contributed by atoms with Gasteiger partial charge in [-0.2, -0.15) is 0 Å². The molecule has 0 aliphatic carbocycles. The van der Waals surface area contributed by atoms with Gasteiger partial charge in [-0.15, -0.1) is 0 Å². The molecule has 0 amide bonds. The van der Waals surface area contributed by atoms with E-state index in [1.165, 1.54) is 0 Å². The minimum absolute atomic E-state index is 0.0515. The first kappa shape index (κ1) is 14.1. The van der Waals surface area contributed by atoms with Crippen LogP contribution in [0.5, 0.6) is 0 Å². The van der Waals surface area contributed by atoms with Crippen LogP contribution in [0, 0.1) is 0 Å². The van der Waals surface area contributed by atoms with E-state index in [2.05, 4.69) is 28.1 Å². The summed E-state index contributed by atoms with van der Waals surface area (Å²) in [5.41, 5.74) is 2.10. The molecule has 2 nitrogen and oxygen atoms in total. The van der Waals surface area contributed by atoms with Crippen LogP contribution in [-0.2, 0) is 15.3 Å². The molecule has 20 heavy (non-hydrogen) atoms. The molecule has 0 aromatic heterocycles. The highest BCUT2D eigenvalue weighted by Gasteiger charge is 2.42. The molecule has 0 saturated carbocycles. The van der Waals surface area contributed by atoms with E-state index in [0.29, 0.717) is 17.0 Å². The molecule has 2 aromatic carbocycles. The molecule has 0 radical (unpaired) electrons. The minimum Gasteiger partial charge on any atom is -0.342 e. The fraction of sp³-hybridized carbons (Fsp3) is 0.250. The highest BCUT2D eigenvalue weighted by atomic mass is 79.9. The van der Waals surface area contributed by atoms with Crippen molar-refractivity contribution in [1.29, 1.82) is 0 Å². The Labute approximate surface area is 131 Å². The van der Waals surface area contributed by atoms with Gasteiger partial charge in [-0.05, 0) is 17.7 Å². The summed E-state index contributed by atoms with van der Waals surface area (Å²) in [5, 5.41) is 1.28. The van der Waals surface area contributed by atoms with Crippen LogP contribution in [-0.4, -0.2) is 11.9 Å². The SMILES string of the molecule is Clc1ccc([C@@]2(CBr)OC[C@@H](c3ccccc3)O2)cc1. The molecule has 2 aromatic rings. The second kappa shape index (κ2) is 5.86. The van der Waals surface area contributed by atoms with Crippen LogP contribution in [0.1, 0.15) is 17.2 Å².